The van der Waals surface area contributed by atoms with E-state index in [4.69, 9.17) is 0 Å². The van der Waals surface area contributed by atoms with Crippen molar-refractivity contribution in [2.45, 2.75) is 71.8 Å². The quantitative estimate of drug-likeness (QED) is 0.614. The van der Waals surface area contributed by atoms with Gasteiger partial charge in [-0.1, -0.05) is 76.3 Å². The lowest BCUT2D eigenvalue weighted by molar-refractivity contribution is 0.486. The van der Waals surface area contributed by atoms with Crippen molar-refractivity contribution in [1.29, 1.82) is 0 Å². The van der Waals surface area contributed by atoms with E-state index in [2.05, 4.69) is 57.3 Å². The number of unbranched alkanes of at least 4 members (excludes halogenated alkanes) is 3. The Balaban J connectivity index is 2.57. The van der Waals surface area contributed by atoms with Crippen LogP contribution >= 0.6 is 0 Å². The maximum absolute atomic E-state index is 3.60. The Morgan fingerprint density at radius 3 is 2.53 bits per heavy atom. The summed E-state index contributed by atoms with van der Waals surface area (Å²) in [6.07, 6.45) is 6.73. The molecule has 0 fully saturated rings. The van der Waals surface area contributed by atoms with Crippen LogP contribution in [0.25, 0.3) is 0 Å². The number of nitrogens with one attached hydrogen (secondary N) is 1. The van der Waals surface area contributed by atoms with Gasteiger partial charge in [0.1, 0.15) is 0 Å². The minimum atomic E-state index is 0.572. The van der Waals surface area contributed by atoms with Crippen molar-refractivity contribution in [3.63, 3.8) is 0 Å². The minimum Gasteiger partial charge on any atom is -0.314 e. The Morgan fingerprint density at radius 1 is 1.11 bits per heavy atom. The summed E-state index contributed by atoms with van der Waals surface area (Å²) in [6, 6.07) is 9.60. The third-order valence-electron chi connectivity index (χ3n) is 3.69. The molecule has 0 saturated carbocycles. The third-order valence-corrected chi connectivity index (χ3v) is 3.69. The van der Waals surface area contributed by atoms with Gasteiger partial charge in [-0.05, 0) is 24.8 Å². The molecule has 1 heteroatoms. The zero-order chi connectivity index (χ0) is 14.1. The number of hydrogen-bond acceptors (Lipinski definition) is 1. The van der Waals surface area contributed by atoms with Crippen LogP contribution in [-0.2, 0) is 0 Å². The lowest BCUT2D eigenvalue weighted by atomic mass is 9.91. The molecule has 0 aliphatic rings. The average Bonchev–Trinajstić information content (AvgIpc) is 2.37. The molecule has 1 N–H and O–H groups in total. The van der Waals surface area contributed by atoms with Gasteiger partial charge in [0.05, 0.1) is 0 Å². The molecule has 108 valence electrons. The number of hydrogen-bond donors (Lipinski definition) is 1. The van der Waals surface area contributed by atoms with E-state index in [1.54, 1.807) is 0 Å². The van der Waals surface area contributed by atoms with Gasteiger partial charge in [0.2, 0.25) is 0 Å². The summed E-state index contributed by atoms with van der Waals surface area (Å²) in [5.41, 5.74) is 2.88. The molecule has 1 rings (SSSR count). The van der Waals surface area contributed by atoms with E-state index < -0.39 is 0 Å². The van der Waals surface area contributed by atoms with E-state index >= 15 is 0 Å². The lowest BCUT2D eigenvalue weighted by Gasteiger charge is -2.20. The van der Waals surface area contributed by atoms with Gasteiger partial charge >= 0.3 is 0 Å². The van der Waals surface area contributed by atoms with Crippen LogP contribution in [0.1, 0.15) is 69.9 Å². The minimum absolute atomic E-state index is 0.572. The van der Waals surface area contributed by atoms with Crippen molar-refractivity contribution < 1.29 is 0 Å². The first kappa shape index (κ1) is 16.2. The molecule has 1 aromatic carbocycles. The number of aryl methyl sites for hydroxylation is 1. The first-order chi connectivity index (χ1) is 9.13. The van der Waals surface area contributed by atoms with Crippen molar-refractivity contribution in [1.82, 2.24) is 5.32 Å². The highest BCUT2D eigenvalue weighted by Crippen LogP contribution is 2.23. The average molecular weight is 261 g/mol. The Kier molecular flexibility index (Phi) is 7.81. The van der Waals surface area contributed by atoms with Crippen LogP contribution < -0.4 is 5.32 Å². The molecule has 0 radical (unpaired) electrons. The van der Waals surface area contributed by atoms with Crippen LogP contribution in [0.2, 0.25) is 0 Å². The summed E-state index contributed by atoms with van der Waals surface area (Å²) in [4.78, 5) is 0. The smallest absolute Gasteiger partial charge is 0.00225 e. The second-order valence-corrected chi connectivity index (χ2v) is 6.02. The molecule has 19 heavy (non-hydrogen) atoms. The molecule has 0 spiro atoms. The first-order valence-electron chi connectivity index (χ1n) is 7.93. The van der Waals surface area contributed by atoms with Crippen molar-refractivity contribution in [2.24, 2.45) is 0 Å². The van der Waals surface area contributed by atoms with Crippen LogP contribution in [0.15, 0.2) is 24.3 Å². The molecular formula is C18H31N. The summed E-state index contributed by atoms with van der Waals surface area (Å²) in [7, 11) is 0. The predicted molar refractivity (Wildman–Crippen MR) is 85.8 cm³/mol. The molecule has 1 nitrogen and oxygen atoms in total. The topological polar surface area (TPSA) is 12.0 Å². The van der Waals surface area contributed by atoms with E-state index in [1.165, 1.54) is 43.2 Å². The van der Waals surface area contributed by atoms with Crippen molar-refractivity contribution in [3.05, 3.63) is 35.4 Å². The molecule has 0 aliphatic carbocycles. The Hall–Kier alpha value is -0.820. The SMILES string of the molecule is CCCCCCC(CNC(C)C)c1cccc(C)c1. The van der Waals surface area contributed by atoms with Crippen LogP contribution in [0.3, 0.4) is 0 Å². The molecule has 1 atom stereocenters. The van der Waals surface area contributed by atoms with Crippen molar-refractivity contribution in [3.8, 4) is 0 Å². The summed E-state index contributed by atoms with van der Waals surface area (Å²) >= 11 is 0. The molecule has 0 aliphatic heterocycles. The van der Waals surface area contributed by atoms with Crippen molar-refractivity contribution in [2.75, 3.05) is 6.54 Å². The van der Waals surface area contributed by atoms with Gasteiger partial charge in [-0.3, -0.25) is 0 Å². The lowest BCUT2D eigenvalue weighted by Crippen LogP contribution is -2.28. The number of rotatable bonds is 9. The van der Waals surface area contributed by atoms with Crippen LogP contribution in [0.5, 0.6) is 0 Å². The van der Waals surface area contributed by atoms with E-state index in [1.807, 2.05) is 0 Å². The maximum Gasteiger partial charge on any atom is 0.00225 e. The highest BCUT2D eigenvalue weighted by atomic mass is 14.9. The van der Waals surface area contributed by atoms with Gasteiger partial charge in [0.25, 0.3) is 0 Å². The molecule has 0 saturated heterocycles. The Labute approximate surface area is 119 Å². The van der Waals surface area contributed by atoms with Crippen LogP contribution in [0.4, 0.5) is 0 Å². The fourth-order valence-corrected chi connectivity index (χ4v) is 2.51. The standard InChI is InChI=1S/C18H31N/c1-5-6-7-8-11-18(14-19-15(2)3)17-12-9-10-16(4)13-17/h9-10,12-13,15,18-19H,5-8,11,14H2,1-4H3. The summed E-state index contributed by atoms with van der Waals surface area (Å²) in [5.74, 6) is 0.666. The van der Waals surface area contributed by atoms with E-state index in [-0.39, 0.29) is 0 Å². The molecule has 0 bridgehead atoms. The molecular weight excluding hydrogens is 230 g/mol. The van der Waals surface area contributed by atoms with Gasteiger partial charge in [0.15, 0.2) is 0 Å². The summed E-state index contributed by atoms with van der Waals surface area (Å²) < 4.78 is 0. The normalized spacial score (nSPS) is 12.9. The van der Waals surface area contributed by atoms with Gasteiger partial charge in [-0.2, -0.15) is 0 Å². The maximum atomic E-state index is 3.60. The zero-order valence-corrected chi connectivity index (χ0v) is 13.2. The fourth-order valence-electron chi connectivity index (χ4n) is 2.51. The van der Waals surface area contributed by atoms with Crippen LogP contribution in [0, 0.1) is 6.92 Å². The Bertz CT molecular complexity index is 343. The Morgan fingerprint density at radius 2 is 1.89 bits per heavy atom. The van der Waals surface area contributed by atoms with Gasteiger partial charge in [0, 0.05) is 12.6 Å². The van der Waals surface area contributed by atoms with Crippen LogP contribution in [-0.4, -0.2) is 12.6 Å². The largest absolute Gasteiger partial charge is 0.314 e. The third kappa shape index (κ3) is 6.77. The highest BCUT2D eigenvalue weighted by molar-refractivity contribution is 5.25. The zero-order valence-electron chi connectivity index (χ0n) is 13.2. The summed E-state index contributed by atoms with van der Waals surface area (Å²) in [6.45, 7) is 10.0. The summed E-state index contributed by atoms with van der Waals surface area (Å²) in [5, 5.41) is 3.60. The molecule has 1 unspecified atom stereocenters. The van der Waals surface area contributed by atoms with E-state index in [9.17, 15) is 0 Å². The van der Waals surface area contributed by atoms with Gasteiger partial charge in [-0.15, -0.1) is 0 Å². The second kappa shape index (κ2) is 9.14. The monoisotopic (exact) mass is 261 g/mol. The molecule has 0 heterocycles. The second-order valence-electron chi connectivity index (χ2n) is 6.02. The molecule has 1 aromatic rings. The first-order valence-corrected chi connectivity index (χ1v) is 7.93. The van der Waals surface area contributed by atoms with E-state index in [0.29, 0.717) is 12.0 Å². The molecule has 0 aromatic heterocycles. The predicted octanol–water partition coefficient (Wildman–Crippen LogP) is 5.05. The highest BCUT2D eigenvalue weighted by Gasteiger charge is 2.11. The van der Waals surface area contributed by atoms with Gasteiger partial charge in [-0.25, -0.2) is 0 Å². The van der Waals surface area contributed by atoms with E-state index in [0.717, 1.165) is 6.54 Å². The van der Waals surface area contributed by atoms with Crippen molar-refractivity contribution >= 4 is 0 Å². The van der Waals surface area contributed by atoms with Gasteiger partial charge < -0.3 is 5.32 Å². The number of benzene rings is 1. The molecule has 0 amide bonds. The fraction of sp³-hybridized carbons (Fsp3) is 0.667.